The van der Waals surface area contributed by atoms with Crippen LogP contribution in [0.5, 0.6) is 5.75 Å². The van der Waals surface area contributed by atoms with Crippen LogP contribution in [0, 0.1) is 0 Å². The van der Waals surface area contributed by atoms with E-state index in [1.54, 1.807) is 40.1 Å². The highest BCUT2D eigenvalue weighted by molar-refractivity contribution is 5.87. The van der Waals surface area contributed by atoms with Crippen molar-refractivity contribution in [3.63, 3.8) is 0 Å². The molecule has 51 heavy (non-hydrogen) atoms. The number of aromatic nitrogens is 2. The predicted molar refractivity (Wildman–Crippen MR) is 198 cm³/mol. The summed E-state index contributed by atoms with van der Waals surface area (Å²) in [5, 5.41) is 16.2. The van der Waals surface area contributed by atoms with Crippen molar-refractivity contribution in [2.45, 2.75) is 104 Å². The highest BCUT2D eigenvalue weighted by atomic mass is 16.6. The average Bonchev–Trinajstić information content (AvgIpc) is 3.12. The third kappa shape index (κ3) is 13.5. The molecule has 0 spiro atoms. The van der Waals surface area contributed by atoms with E-state index in [0.29, 0.717) is 5.82 Å². The van der Waals surface area contributed by atoms with Crippen molar-refractivity contribution in [1.29, 1.82) is 0 Å². The Hall–Kier alpha value is -4.64. The Morgan fingerprint density at radius 2 is 1.45 bits per heavy atom. The van der Waals surface area contributed by atoms with Gasteiger partial charge in [-0.1, -0.05) is 99.3 Å². The molecule has 0 aliphatic rings. The molecule has 0 radical (unpaired) electrons. The number of amides is 1. The third-order valence-electron chi connectivity index (χ3n) is 8.04. The van der Waals surface area contributed by atoms with Gasteiger partial charge in [-0.05, 0) is 69.4 Å². The minimum atomic E-state index is -1.44. The highest BCUT2D eigenvalue weighted by Crippen LogP contribution is 2.24. The number of aliphatic hydroxyl groups is 1. The van der Waals surface area contributed by atoms with Gasteiger partial charge < -0.3 is 24.6 Å². The van der Waals surface area contributed by atoms with Crippen molar-refractivity contribution in [1.82, 2.24) is 20.6 Å². The van der Waals surface area contributed by atoms with Gasteiger partial charge in [-0.3, -0.25) is 10.1 Å². The van der Waals surface area contributed by atoms with Crippen molar-refractivity contribution < 1.29 is 28.9 Å². The van der Waals surface area contributed by atoms with E-state index in [4.69, 9.17) is 14.2 Å². The average molecular weight is 697 g/mol. The zero-order valence-electron chi connectivity index (χ0n) is 30.4. The number of ether oxygens (including phenoxy) is 3. The monoisotopic (exact) mass is 696 g/mol. The number of carbonyl (C=O) groups excluding carboxylic acids is 2. The lowest BCUT2D eigenvalue weighted by Gasteiger charge is -2.26. The second-order valence-electron chi connectivity index (χ2n) is 13.6. The smallest absolute Gasteiger partial charge is 0.328 e. The van der Waals surface area contributed by atoms with Crippen LogP contribution in [-0.2, 0) is 32.1 Å². The number of nitrogens with one attached hydrogen (secondary N) is 2. The van der Waals surface area contributed by atoms with Crippen molar-refractivity contribution in [2.24, 2.45) is 0 Å². The molecule has 0 fully saturated rings. The molecule has 1 unspecified atom stereocenters. The zero-order valence-corrected chi connectivity index (χ0v) is 30.4. The van der Waals surface area contributed by atoms with E-state index in [0.717, 1.165) is 46.6 Å². The van der Waals surface area contributed by atoms with Crippen LogP contribution in [0.4, 0.5) is 0 Å². The van der Waals surface area contributed by atoms with E-state index in [9.17, 15) is 14.7 Å². The van der Waals surface area contributed by atoms with E-state index in [-0.39, 0.29) is 13.0 Å². The lowest BCUT2D eigenvalue weighted by Crippen LogP contribution is -2.53. The third-order valence-corrected chi connectivity index (χ3v) is 8.04. The Labute approximate surface area is 302 Å². The second-order valence-corrected chi connectivity index (χ2v) is 13.6. The standard InChI is InChI=1S/C41H52N4O6/c1-6-7-8-9-13-24-49-35-22-20-32(21-23-35)34-26-42-37(43-27-34)33-18-16-30(17-19-33)25-36(38(46)44-29(2)39(47)51-41(3,4)5)45-40(48)50-28-31-14-11-10-12-15-31/h10-12,14-23,26-27,29,36,40,45,48H,6-9,13,24-25,28H2,1-5H3,(H,44,46)/t29-,36+,40?/m1/s1. The van der Waals surface area contributed by atoms with Crippen LogP contribution in [0.15, 0.2) is 91.3 Å². The zero-order chi connectivity index (χ0) is 36.6. The minimum Gasteiger partial charge on any atom is -0.494 e. The number of carbonyl (C=O) groups is 2. The molecular formula is C41H52N4O6. The molecule has 0 bridgehead atoms. The molecular weight excluding hydrogens is 644 g/mol. The van der Waals surface area contributed by atoms with Gasteiger partial charge in [-0.15, -0.1) is 0 Å². The first kappa shape index (κ1) is 39.2. The van der Waals surface area contributed by atoms with Gasteiger partial charge in [-0.2, -0.15) is 0 Å². The van der Waals surface area contributed by atoms with Crippen LogP contribution in [-0.4, -0.2) is 57.7 Å². The molecule has 4 aromatic rings. The molecule has 272 valence electrons. The van der Waals surface area contributed by atoms with Crippen LogP contribution in [0.25, 0.3) is 22.5 Å². The number of nitrogens with zero attached hydrogens (tertiary/aromatic N) is 2. The molecule has 1 amide bonds. The summed E-state index contributed by atoms with van der Waals surface area (Å²) in [6.07, 6.45) is 8.39. The van der Waals surface area contributed by atoms with Crippen molar-refractivity contribution in [3.05, 3.63) is 102 Å². The lowest BCUT2D eigenvalue weighted by atomic mass is 10.0. The van der Waals surface area contributed by atoms with Crippen molar-refractivity contribution in [2.75, 3.05) is 6.61 Å². The molecule has 10 heteroatoms. The maximum atomic E-state index is 13.4. The van der Waals surface area contributed by atoms with E-state index in [2.05, 4.69) is 27.5 Å². The maximum absolute atomic E-state index is 13.4. The number of rotatable bonds is 19. The van der Waals surface area contributed by atoms with Crippen LogP contribution in [0.1, 0.15) is 77.8 Å². The fourth-order valence-electron chi connectivity index (χ4n) is 5.25. The van der Waals surface area contributed by atoms with Gasteiger partial charge in [0.25, 0.3) is 0 Å². The molecule has 3 aromatic carbocycles. The number of aliphatic hydroxyl groups excluding tert-OH is 1. The Bertz CT molecular complexity index is 1620. The molecule has 0 aliphatic heterocycles. The van der Waals surface area contributed by atoms with Crippen molar-refractivity contribution in [3.8, 4) is 28.3 Å². The summed E-state index contributed by atoms with van der Waals surface area (Å²) in [5.74, 6) is 0.381. The first-order chi connectivity index (χ1) is 24.5. The summed E-state index contributed by atoms with van der Waals surface area (Å²) in [4.78, 5) is 35.2. The minimum absolute atomic E-state index is 0.143. The molecule has 1 heterocycles. The predicted octanol–water partition coefficient (Wildman–Crippen LogP) is 7.00. The van der Waals surface area contributed by atoms with Crippen LogP contribution in [0.2, 0.25) is 0 Å². The topological polar surface area (TPSA) is 132 Å². The van der Waals surface area contributed by atoms with Crippen LogP contribution in [0.3, 0.4) is 0 Å². The number of benzene rings is 3. The lowest BCUT2D eigenvalue weighted by molar-refractivity contribution is -0.159. The number of unbranched alkanes of at least 4 members (excludes halogenated alkanes) is 4. The van der Waals surface area contributed by atoms with E-state index in [1.807, 2.05) is 78.9 Å². The van der Waals surface area contributed by atoms with Gasteiger partial charge in [0.05, 0.1) is 19.3 Å². The van der Waals surface area contributed by atoms with Gasteiger partial charge >= 0.3 is 5.97 Å². The molecule has 3 N–H and O–H groups in total. The highest BCUT2D eigenvalue weighted by Gasteiger charge is 2.28. The molecule has 0 aliphatic carbocycles. The van der Waals surface area contributed by atoms with Gasteiger partial charge in [-0.25, -0.2) is 14.8 Å². The number of esters is 1. The number of hydrogen-bond donors (Lipinski definition) is 3. The Kier molecular flexibility index (Phi) is 15.1. The summed E-state index contributed by atoms with van der Waals surface area (Å²) < 4.78 is 16.9. The quantitative estimate of drug-likeness (QED) is 0.0539. The summed E-state index contributed by atoms with van der Waals surface area (Å²) in [6.45, 7) is 9.93. The summed E-state index contributed by atoms with van der Waals surface area (Å²) >= 11 is 0. The van der Waals surface area contributed by atoms with Crippen LogP contribution < -0.4 is 15.4 Å². The number of hydrogen-bond acceptors (Lipinski definition) is 9. The fraction of sp³-hybridized carbons (Fsp3) is 0.415. The van der Waals surface area contributed by atoms with Gasteiger partial charge in [0.1, 0.15) is 17.4 Å². The van der Waals surface area contributed by atoms with Crippen LogP contribution >= 0.6 is 0 Å². The Morgan fingerprint density at radius 3 is 2.10 bits per heavy atom. The van der Waals surface area contributed by atoms with Gasteiger partial charge in [0.2, 0.25) is 12.3 Å². The maximum Gasteiger partial charge on any atom is 0.328 e. The second kappa shape index (κ2) is 19.7. The first-order valence-corrected chi connectivity index (χ1v) is 17.8. The Balaban J connectivity index is 1.37. The summed E-state index contributed by atoms with van der Waals surface area (Å²) in [6, 6.07) is 23.1. The summed E-state index contributed by atoms with van der Waals surface area (Å²) in [7, 11) is 0. The molecule has 10 nitrogen and oxygen atoms in total. The van der Waals surface area contributed by atoms with E-state index < -0.39 is 36.0 Å². The normalized spacial score (nSPS) is 13.2. The van der Waals surface area contributed by atoms with E-state index in [1.165, 1.54) is 25.7 Å². The first-order valence-electron chi connectivity index (χ1n) is 17.8. The SMILES string of the molecule is CCCCCCCOc1ccc(-c2cnc(-c3ccc(C[C@H](NC(O)OCc4ccccc4)C(=O)N[C@H](C)C(=O)OC(C)(C)C)cc3)nc2)cc1. The Morgan fingerprint density at radius 1 is 0.804 bits per heavy atom. The van der Waals surface area contributed by atoms with E-state index >= 15 is 0 Å². The molecule has 0 saturated heterocycles. The molecule has 0 saturated carbocycles. The molecule has 1 aromatic heterocycles. The van der Waals surface area contributed by atoms with Gasteiger partial charge in [0, 0.05) is 23.5 Å². The summed E-state index contributed by atoms with van der Waals surface area (Å²) in [5.41, 5.74) is 3.69. The van der Waals surface area contributed by atoms with Crippen molar-refractivity contribution >= 4 is 11.9 Å². The van der Waals surface area contributed by atoms with Gasteiger partial charge in [0.15, 0.2) is 5.82 Å². The fourth-order valence-corrected chi connectivity index (χ4v) is 5.25. The molecule has 3 atom stereocenters. The molecule has 4 rings (SSSR count). The largest absolute Gasteiger partial charge is 0.494 e.